The Hall–Kier alpha value is -0.400. The molecule has 0 amide bonds. The lowest BCUT2D eigenvalue weighted by Gasteiger charge is -2.36. The van der Waals surface area contributed by atoms with Gasteiger partial charge in [0.15, 0.2) is 0 Å². The molecule has 2 unspecified atom stereocenters. The fourth-order valence-electron chi connectivity index (χ4n) is 1.71. The lowest BCUT2D eigenvalue weighted by molar-refractivity contribution is 0.177. The minimum absolute atomic E-state index is 0.0289. The summed E-state index contributed by atoms with van der Waals surface area (Å²) in [6, 6.07) is 0.377. The molecular weight excluding hydrogens is 136 g/mol. The average molecular weight is 154 g/mol. The van der Waals surface area contributed by atoms with E-state index in [-0.39, 0.29) is 11.0 Å². The summed E-state index contributed by atoms with van der Waals surface area (Å²) >= 11 is 0. The first kappa shape index (κ1) is 8.69. The van der Waals surface area contributed by atoms with Gasteiger partial charge in [0.2, 0.25) is 0 Å². The van der Waals surface area contributed by atoms with Crippen molar-refractivity contribution in [2.45, 2.75) is 52.6 Å². The molecule has 0 bridgehead atoms. The van der Waals surface area contributed by atoms with Crippen LogP contribution >= 0.6 is 0 Å². The van der Waals surface area contributed by atoms with Crippen LogP contribution in [0.2, 0.25) is 0 Å². The molecule has 1 aliphatic rings. The highest BCUT2D eigenvalue weighted by atomic mass is 15.2. The molecule has 0 saturated carbocycles. The maximum atomic E-state index is 4.30. The predicted molar refractivity (Wildman–Crippen MR) is 46.8 cm³/mol. The monoisotopic (exact) mass is 154 g/mol. The maximum absolute atomic E-state index is 4.30. The van der Waals surface area contributed by atoms with Gasteiger partial charge in [-0.15, -0.1) is 0 Å². The minimum atomic E-state index is 0.0289. The van der Waals surface area contributed by atoms with Crippen molar-refractivity contribution in [2.75, 3.05) is 0 Å². The van der Waals surface area contributed by atoms with E-state index < -0.39 is 0 Å². The Morgan fingerprint density at radius 1 is 1.27 bits per heavy atom. The molecular formula is C9H18N2. The summed E-state index contributed by atoms with van der Waals surface area (Å²) in [7, 11) is 0. The molecule has 64 valence electrons. The van der Waals surface area contributed by atoms with Gasteiger partial charge in [-0.3, -0.25) is 0 Å². The molecule has 0 saturated heterocycles. The number of nitrogens with zero attached hydrogens (tertiary/aromatic N) is 2. The lowest BCUT2D eigenvalue weighted by atomic mass is 9.68. The average Bonchev–Trinajstić information content (AvgIpc) is 2.15. The summed E-state index contributed by atoms with van der Waals surface area (Å²) < 4.78 is 0. The SMILES string of the molecule is CCC1(C)C(C)N=NC1(C)C. The van der Waals surface area contributed by atoms with Crippen LogP contribution in [0.3, 0.4) is 0 Å². The predicted octanol–water partition coefficient (Wildman–Crippen LogP) is 3.04. The molecule has 1 heterocycles. The zero-order valence-corrected chi connectivity index (χ0v) is 8.18. The van der Waals surface area contributed by atoms with E-state index in [4.69, 9.17) is 0 Å². The van der Waals surface area contributed by atoms with Crippen molar-refractivity contribution < 1.29 is 0 Å². The Labute approximate surface area is 69.1 Å². The maximum Gasteiger partial charge on any atom is 0.0834 e. The molecule has 0 spiro atoms. The topological polar surface area (TPSA) is 24.7 Å². The van der Waals surface area contributed by atoms with E-state index in [9.17, 15) is 0 Å². The first-order chi connectivity index (χ1) is 4.94. The van der Waals surface area contributed by atoms with Crippen LogP contribution in [0.4, 0.5) is 0 Å². The van der Waals surface area contributed by atoms with E-state index in [2.05, 4.69) is 44.8 Å². The summed E-state index contributed by atoms with van der Waals surface area (Å²) in [6.07, 6.45) is 1.15. The largest absolute Gasteiger partial charge is 0.190 e. The van der Waals surface area contributed by atoms with Crippen LogP contribution in [-0.2, 0) is 0 Å². The highest BCUT2D eigenvalue weighted by Gasteiger charge is 2.48. The Bertz CT molecular complexity index is 184. The van der Waals surface area contributed by atoms with Crippen molar-refractivity contribution in [1.29, 1.82) is 0 Å². The van der Waals surface area contributed by atoms with Gasteiger partial charge in [-0.2, -0.15) is 10.2 Å². The number of hydrogen-bond acceptors (Lipinski definition) is 2. The summed E-state index contributed by atoms with van der Waals surface area (Å²) in [4.78, 5) is 0. The summed E-state index contributed by atoms with van der Waals surface area (Å²) in [5.74, 6) is 0. The van der Waals surface area contributed by atoms with Crippen molar-refractivity contribution >= 4 is 0 Å². The molecule has 0 N–H and O–H groups in total. The van der Waals surface area contributed by atoms with Crippen LogP contribution in [0.5, 0.6) is 0 Å². The lowest BCUT2D eigenvalue weighted by Crippen LogP contribution is -2.41. The second kappa shape index (κ2) is 2.29. The third kappa shape index (κ3) is 0.996. The third-order valence-electron chi connectivity index (χ3n) is 3.54. The molecule has 0 aromatic rings. The van der Waals surface area contributed by atoms with Crippen LogP contribution in [0.15, 0.2) is 10.2 Å². The highest BCUT2D eigenvalue weighted by molar-refractivity contribution is 5.04. The molecule has 0 aliphatic carbocycles. The minimum Gasteiger partial charge on any atom is -0.190 e. The Morgan fingerprint density at radius 2 is 1.82 bits per heavy atom. The molecule has 0 aromatic heterocycles. The van der Waals surface area contributed by atoms with Crippen LogP contribution in [0.1, 0.15) is 41.0 Å². The van der Waals surface area contributed by atoms with Crippen LogP contribution in [-0.4, -0.2) is 11.6 Å². The standard InChI is InChI=1S/C9H18N2/c1-6-9(5)7(2)10-11-8(9,3)4/h7H,6H2,1-5H3. The van der Waals surface area contributed by atoms with E-state index in [1.807, 2.05) is 0 Å². The van der Waals surface area contributed by atoms with Crippen LogP contribution < -0.4 is 0 Å². The molecule has 2 nitrogen and oxygen atoms in total. The Morgan fingerprint density at radius 3 is 2.00 bits per heavy atom. The van der Waals surface area contributed by atoms with Gasteiger partial charge in [0.1, 0.15) is 0 Å². The Kier molecular flexibility index (Phi) is 1.81. The molecule has 0 fully saturated rings. The summed E-state index contributed by atoms with van der Waals surface area (Å²) in [6.45, 7) is 11.0. The van der Waals surface area contributed by atoms with Gasteiger partial charge >= 0.3 is 0 Å². The van der Waals surface area contributed by atoms with Gasteiger partial charge in [-0.05, 0) is 27.2 Å². The van der Waals surface area contributed by atoms with Crippen molar-refractivity contribution in [1.82, 2.24) is 0 Å². The van der Waals surface area contributed by atoms with E-state index in [0.717, 1.165) is 6.42 Å². The Balaban J connectivity index is 2.95. The molecule has 1 rings (SSSR count). The number of hydrogen-bond donors (Lipinski definition) is 0. The van der Waals surface area contributed by atoms with Crippen molar-refractivity contribution in [3.05, 3.63) is 0 Å². The fraction of sp³-hybridized carbons (Fsp3) is 1.00. The van der Waals surface area contributed by atoms with Gasteiger partial charge in [-0.1, -0.05) is 13.8 Å². The van der Waals surface area contributed by atoms with Crippen molar-refractivity contribution in [2.24, 2.45) is 15.6 Å². The zero-order valence-electron chi connectivity index (χ0n) is 8.18. The van der Waals surface area contributed by atoms with Gasteiger partial charge < -0.3 is 0 Å². The van der Waals surface area contributed by atoms with Gasteiger partial charge in [0.25, 0.3) is 0 Å². The summed E-state index contributed by atoms with van der Waals surface area (Å²) in [5.41, 5.74) is 0.286. The first-order valence-corrected chi connectivity index (χ1v) is 4.36. The molecule has 1 aliphatic heterocycles. The molecule has 2 atom stereocenters. The van der Waals surface area contributed by atoms with E-state index >= 15 is 0 Å². The van der Waals surface area contributed by atoms with Gasteiger partial charge in [-0.25, -0.2) is 0 Å². The summed E-state index contributed by atoms with van der Waals surface area (Å²) in [5, 5.41) is 8.54. The highest BCUT2D eigenvalue weighted by Crippen LogP contribution is 2.46. The van der Waals surface area contributed by atoms with Crippen molar-refractivity contribution in [3.63, 3.8) is 0 Å². The third-order valence-corrected chi connectivity index (χ3v) is 3.54. The van der Waals surface area contributed by atoms with Gasteiger partial charge in [0.05, 0.1) is 11.6 Å². The smallest absolute Gasteiger partial charge is 0.0834 e. The quantitative estimate of drug-likeness (QED) is 0.554. The van der Waals surface area contributed by atoms with E-state index in [1.165, 1.54) is 0 Å². The fourth-order valence-corrected chi connectivity index (χ4v) is 1.71. The van der Waals surface area contributed by atoms with E-state index in [0.29, 0.717) is 6.04 Å². The van der Waals surface area contributed by atoms with Crippen LogP contribution in [0.25, 0.3) is 0 Å². The van der Waals surface area contributed by atoms with Crippen LogP contribution in [0, 0.1) is 5.41 Å². The molecule has 11 heavy (non-hydrogen) atoms. The zero-order chi connectivity index (χ0) is 8.70. The normalized spacial score (nSPS) is 41.4. The van der Waals surface area contributed by atoms with Gasteiger partial charge in [0, 0.05) is 5.41 Å². The van der Waals surface area contributed by atoms with E-state index in [1.54, 1.807) is 0 Å². The number of rotatable bonds is 1. The molecule has 0 radical (unpaired) electrons. The second-order valence-corrected chi connectivity index (χ2v) is 4.22. The second-order valence-electron chi connectivity index (χ2n) is 4.22. The molecule has 2 heteroatoms. The first-order valence-electron chi connectivity index (χ1n) is 4.36. The van der Waals surface area contributed by atoms with Crippen molar-refractivity contribution in [3.8, 4) is 0 Å². The number of azo groups is 1. The molecule has 0 aromatic carbocycles.